The smallest absolute Gasteiger partial charge is 0.180 e. The first-order valence-corrected chi connectivity index (χ1v) is 5.54. The van der Waals surface area contributed by atoms with E-state index in [-0.39, 0.29) is 0 Å². The normalized spacial score (nSPS) is 10.5. The monoisotopic (exact) mass is 254 g/mol. The van der Waals surface area contributed by atoms with Gasteiger partial charge < -0.3 is 15.3 Å². The fourth-order valence-electron chi connectivity index (χ4n) is 1.29. The molecule has 0 saturated carbocycles. The summed E-state index contributed by atoms with van der Waals surface area (Å²) in [4.78, 5) is 0. The summed E-state index contributed by atoms with van der Waals surface area (Å²) in [5.74, 6) is 6.16. The van der Waals surface area contributed by atoms with E-state index in [9.17, 15) is 0 Å². The standard InChI is InChI=1S/C12H15ClN2O2/c1-3-5-17-12-10(13)6-9(8-15-14)7-11(12)16-4-2/h3,6-8H,1,4-5,14H2,2H3. The minimum Gasteiger partial charge on any atom is -0.490 e. The van der Waals surface area contributed by atoms with E-state index in [0.29, 0.717) is 29.7 Å². The average Bonchev–Trinajstić information content (AvgIpc) is 2.29. The van der Waals surface area contributed by atoms with Crippen LogP contribution in [0.25, 0.3) is 0 Å². The first-order valence-electron chi connectivity index (χ1n) is 5.16. The van der Waals surface area contributed by atoms with Crippen molar-refractivity contribution in [2.75, 3.05) is 13.2 Å². The van der Waals surface area contributed by atoms with Gasteiger partial charge in [0.25, 0.3) is 0 Å². The quantitative estimate of drug-likeness (QED) is 0.367. The summed E-state index contributed by atoms with van der Waals surface area (Å²) in [7, 11) is 0. The number of hydrazone groups is 1. The van der Waals surface area contributed by atoms with Crippen molar-refractivity contribution in [3.05, 3.63) is 35.4 Å². The molecule has 92 valence electrons. The molecule has 17 heavy (non-hydrogen) atoms. The SMILES string of the molecule is C=CCOc1c(Cl)cc(C=NN)cc1OCC. The molecule has 5 heteroatoms. The van der Waals surface area contributed by atoms with Crippen molar-refractivity contribution in [3.63, 3.8) is 0 Å². The van der Waals surface area contributed by atoms with E-state index in [4.69, 9.17) is 26.9 Å². The molecule has 0 fully saturated rings. The van der Waals surface area contributed by atoms with E-state index < -0.39 is 0 Å². The first kappa shape index (κ1) is 13.4. The van der Waals surface area contributed by atoms with E-state index in [1.807, 2.05) is 6.92 Å². The molecule has 1 aromatic rings. The van der Waals surface area contributed by atoms with Crippen LogP contribution in [0.5, 0.6) is 11.5 Å². The molecule has 0 amide bonds. The third-order valence-corrected chi connectivity index (χ3v) is 2.18. The molecule has 0 aromatic heterocycles. The Balaban J connectivity index is 3.12. The van der Waals surface area contributed by atoms with Crippen molar-refractivity contribution < 1.29 is 9.47 Å². The summed E-state index contributed by atoms with van der Waals surface area (Å²) in [5, 5.41) is 3.90. The Morgan fingerprint density at radius 2 is 2.24 bits per heavy atom. The van der Waals surface area contributed by atoms with Crippen LogP contribution in [0, 0.1) is 0 Å². The van der Waals surface area contributed by atoms with Crippen LogP contribution in [0.1, 0.15) is 12.5 Å². The predicted octanol–water partition coefficient (Wildman–Crippen LogP) is 2.60. The van der Waals surface area contributed by atoms with Crippen LogP contribution in [0.2, 0.25) is 5.02 Å². The molecule has 2 N–H and O–H groups in total. The Bertz CT molecular complexity index is 419. The first-order chi connectivity index (χ1) is 8.22. The maximum atomic E-state index is 6.10. The Labute approximate surface area is 106 Å². The number of nitrogens with zero attached hydrogens (tertiary/aromatic N) is 1. The fraction of sp³-hybridized carbons (Fsp3) is 0.250. The van der Waals surface area contributed by atoms with Gasteiger partial charge in [0.2, 0.25) is 0 Å². The summed E-state index contributed by atoms with van der Waals surface area (Å²) in [6.45, 7) is 6.35. The van der Waals surface area contributed by atoms with Gasteiger partial charge in [0.05, 0.1) is 17.8 Å². The summed E-state index contributed by atoms with van der Waals surface area (Å²) < 4.78 is 10.9. The van der Waals surface area contributed by atoms with Gasteiger partial charge in [-0.1, -0.05) is 24.3 Å². The third-order valence-electron chi connectivity index (χ3n) is 1.90. The molecule has 0 unspecified atom stereocenters. The molecule has 4 nitrogen and oxygen atoms in total. The molecule has 0 bridgehead atoms. The van der Waals surface area contributed by atoms with Crippen molar-refractivity contribution in [2.45, 2.75) is 6.92 Å². The van der Waals surface area contributed by atoms with Crippen LogP contribution in [-0.2, 0) is 0 Å². The number of hydrogen-bond donors (Lipinski definition) is 1. The lowest BCUT2D eigenvalue weighted by Gasteiger charge is -2.13. The molecule has 0 spiro atoms. The highest BCUT2D eigenvalue weighted by Crippen LogP contribution is 2.36. The summed E-state index contributed by atoms with van der Waals surface area (Å²) >= 11 is 6.10. The number of hydrogen-bond acceptors (Lipinski definition) is 4. The predicted molar refractivity (Wildman–Crippen MR) is 70.1 cm³/mol. The van der Waals surface area contributed by atoms with Gasteiger partial charge in [0.1, 0.15) is 6.61 Å². The van der Waals surface area contributed by atoms with Gasteiger partial charge in [-0.15, -0.1) is 0 Å². The lowest BCUT2D eigenvalue weighted by molar-refractivity contribution is 0.297. The Hall–Kier alpha value is -1.68. The average molecular weight is 255 g/mol. The Morgan fingerprint density at radius 3 is 2.82 bits per heavy atom. The Kier molecular flexibility index (Phi) is 5.36. The largest absolute Gasteiger partial charge is 0.490 e. The molecular formula is C12H15ClN2O2. The fourth-order valence-corrected chi connectivity index (χ4v) is 1.57. The zero-order valence-electron chi connectivity index (χ0n) is 9.65. The van der Waals surface area contributed by atoms with E-state index in [1.54, 1.807) is 18.2 Å². The van der Waals surface area contributed by atoms with Gasteiger partial charge >= 0.3 is 0 Å². The molecule has 1 rings (SSSR count). The topological polar surface area (TPSA) is 56.8 Å². The molecule has 0 radical (unpaired) electrons. The Morgan fingerprint density at radius 1 is 1.47 bits per heavy atom. The van der Waals surface area contributed by atoms with Crippen LogP contribution in [0.3, 0.4) is 0 Å². The van der Waals surface area contributed by atoms with Crippen LogP contribution in [0.15, 0.2) is 29.9 Å². The summed E-state index contributed by atoms with van der Waals surface area (Å²) in [6, 6.07) is 3.48. The number of ether oxygens (including phenoxy) is 2. The molecule has 0 saturated heterocycles. The highest BCUT2D eigenvalue weighted by atomic mass is 35.5. The van der Waals surface area contributed by atoms with Gasteiger partial charge in [0.15, 0.2) is 11.5 Å². The zero-order valence-corrected chi connectivity index (χ0v) is 10.4. The van der Waals surface area contributed by atoms with E-state index >= 15 is 0 Å². The lowest BCUT2D eigenvalue weighted by Crippen LogP contribution is -2.01. The number of halogens is 1. The lowest BCUT2D eigenvalue weighted by atomic mass is 10.2. The van der Waals surface area contributed by atoms with Crippen molar-refractivity contribution in [3.8, 4) is 11.5 Å². The van der Waals surface area contributed by atoms with Gasteiger partial charge in [-0.3, -0.25) is 0 Å². The highest BCUT2D eigenvalue weighted by molar-refractivity contribution is 6.32. The maximum Gasteiger partial charge on any atom is 0.180 e. The van der Waals surface area contributed by atoms with Crippen molar-refractivity contribution in [1.82, 2.24) is 0 Å². The van der Waals surface area contributed by atoms with Crippen molar-refractivity contribution in [1.29, 1.82) is 0 Å². The third kappa shape index (κ3) is 3.67. The van der Waals surface area contributed by atoms with Crippen LogP contribution < -0.4 is 15.3 Å². The maximum absolute atomic E-state index is 6.10. The minimum absolute atomic E-state index is 0.365. The van der Waals surface area contributed by atoms with Gasteiger partial charge in [-0.25, -0.2) is 0 Å². The van der Waals surface area contributed by atoms with Gasteiger partial charge in [-0.2, -0.15) is 5.10 Å². The van der Waals surface area contributed by atoms with Gasteiger partial charge in [0, 0.05) is 0 Å². The van der Waals surface area contributed by atoms with E-state index in [0.717, 1.165) is 5.56 Å². The molecule has 0 aliphatic carbocycles. The van der Waals surface area contributed by atoms with E-state index in [2.05, 4.69) is 11.7 Å². The molecule has 0 atom stereocenters. The second kappa shape index (κ2) is 6.81. The number of rotatable bonds is 6. The summed E-state index contributed by atoms with van der Waals surface area (Å²) in [5.41, 5.74) is 0.756. The van der Waals surface area contributed by atoms with Crippen LogP contribution in [0.4, 0.5) is 0 Å². The van der Waals surface area contributed by atoms with Crippen LogP contribution >= 0.6 is 11.6 Å². The molecule has 1 aromatic carbocycles. The zero-order chi connectivity index (χ0) is 12.7. The second-order valence-corrected chi connectivity index (χ2v) is 3.55. The minimum atomic E-state index is 0.365. The molecule has 0 heterocycles. The molecule has 0 aliphatic rings. The number of nitrogens with two attached hydrogens (primary N) is 1. The summed E-state index contributed by atoms with van der Waals surface area (Å²) in [6.07, 6.45) is 3.13. The number of benzene rings is 1. The highest BCUT2D eigenvalue weighted by Gasteiger charge is 2.11. The van der Waals surface area contributed by atoms with E-state index in [1.165, 1.54) is 6.21 Å². The van der Waals surface area contributed by atoms with Crippen LogP contribution in [-0.4, -0.2) is 19.4 Å². The van der Waals surface area contributed by atoms with Gasteiger partial charge in [-0.05, 0) is 24.6 Å². The van der Waals surface area contributed by atoms with Crippen molar-refractivity contribution in [2.24, 2.45) is 10.9 Å². The second-order valence-electron chi connectivity index (χ2n) is 3.14. The van der Waals surface area contributed by atoms with Crippen molar-refractivity contribution >= 4 is 17.8 Å². The molecule has 0 aliphatic heterocycles. The molecular weight excluding hydrogens is 240 g/mol.